The molecular weight excluding hydrogens is 429 g/mol. The predicted octanol–water partition coefficient (Wildman–Crippen LogP) is 7.44. The summed E-state index contributed by atoms with van der Waals surface area (Å²) >= 11 is 0. The van der Waals surface area contributed by atoms with Gasteiger partial charge in [0, 0.05) is 22.9 Å². The van der Waals surface area contributed by atoms with Crippen LogP contribution in [0.1, 0.15) is 67.6 Å². The fourth-order valence-electron chi connectivity index (χ4n) is 4.85. The van der Waals surface area contributed by atoms with Gasteiger partial charge in [0.25, 0.3) is 5.91 Å². The van der Waals surface area contributed by atoms with Crippen molar-refractivity contribution in [2.75, 3.05) is 5.32 Å². The number of anilines is 1. The van der Waals surface area contributed by atoms with Gasteiger partial charge in [0.1, 0.15) is 5.82 Å². The zero-order chi connectivity index (χ0) is 23.7. The number of hydrogen-bond acceptors (Lipinski definition) is 3. The molecule has 5 rings (SSSR count). The molecule has 1 saturated carbocycles. The van der Waals surface area contributed by atoms with Crippen molar-refractivity contribution < 1.29 is 13.6 Å². The number of aromatic nitrogens is 2. The standard InChI is InChI=1S/C28H28FN3O2/c1-18(2)23-14-13-21(31-28(33)25-8-5-15-34-25)16-24(23)27-26(19-9-11-20(29)12-10-19)30-17-32(27)22-6-3-4-7-22/h5,8-18,22H,3-4,6-7H2,1-2H3,(H,31,33). The van der Waals surface area contributed by atoms with E-state index in [1.165, 1.54) is 36.8 Å². The molecule has 0 bridgehead atoms. The first-order chi connectivity index (χ1) is 16.5. The van der Waals surface area contributed by atoms with E-state index in [4.69, 9.17) is 9.40 Å². The lowest BCUT2D eigenvalue weighted by Gasteiger charge is -2.21. The van der Waals surface area contributed by atoms with Gasteiger partial charge in [-0.05, 0) is 72.9 Å². The molecule has 0 unspecified atom stereocenters. The summed E-state index contributed by atoms with van der Waals surface area (Å²) in [5.41, 5.74) is 5.58. The number of rotatable bonds is 6. The van der Waals surface area contributed by atoms with Gasteiger partial charge in [-0.2, -0.15) is 0 Å². The molecule has 0 spiro atoms. The van der Waals surface area contributed by atoms with Crippen molar-refractivity contribution in [1.82, 2.24) is 9.55 Å². The highest BCUT2D eigenvalue weighted by molar-refractivity contribution is 6.02. The van der Waals surface area contributed by atoms with Crippen molar-refractivity contribution in [3.05, 3.63) is 84.3 Å². The lowest BCUT2D eigenvalue weighted by atomic mass is 9.92. The number of carbonyl (C=O) groups excluding carboxylic acids is 1. The number of amides is 1. The molecule has 4 aromatic rings. The summed E-state index contributed by atoms with van der Waals surface area (Å²) in [6, 6.07) is 16.2. The smallest absolute Gasteiger partial charge is 0.291 e. The second-order valence-electron chi connectivity index (χ2n) is 9.18. The third kappa shape index (κ3) is 4.28. The average molecular weight is 458 g/mol. The second kappa shape index (κ2) is 9.29. The Balaban J connectivity index is 1.65. The van der Waals surface area contributed by atoms with E-state index in [-0.39, 0.29) is 23.4 Å². The minimum absolute atomic E-state index is 0.262. The van der Waals surface area contributed by atoms with Crippen LogP contribution in [0.2, 0.25) is 0 Å². The van der Waals surface area contributed by atoms with Crippen molar-refractivity contribution in [2.45, 2.75) is 51.5 Å². The van der Waals surface area contributed by atoms with Crippen molar-refractivity contribution in [2.24, 2.45) is 0 Å². The van der Waals surface area contributed by atoms with E-state index in [1.54, 1.807) is 24.3 Å². The second-order valence-corrected chi connectivity index (χ2v) is 9.18. The SMILES string of the molecule is CC(C)c1ccc(NC(=O)c2ccco2)cc1-c1c(-c2ccc(F)cc2)ncn1C1CCCC1. The van der Waals surface area contributed by atoms with Gasteiger partial charge in [-0.1, -0.05) is 32.8 Å². The van der Waals surface area contributed by atoms with E-state index in [1.807, 2.05) is 18.5 Å². The Hall–Kier alpha value is -3.67. The Morgan fingerprint density at radius 3 is 2.56 bits per heavy atom. The molecule has 1 amide bonds. The minimum Gasteiger partial charge on any atom is -0.459 e. The van der Waals surface area contributed by atoms with Gasteiger partial charge in [-0.15, -0.1) is 0 Å². The summed E-state index contributed by atoms with van der Waals surface area (Å²) in [6.45, 7) is 4.32. The number of halogens is 1. The largest absolute Gasteiger partial charge is 0.459 e. The van der Waals surface area contributed by atoms with Gasteiger partial charge in [-0.3, -0.25) is 4.79 Å². The zero-order valence-electron chi connectivity index (χ0n) is 19.4. The van der Waals surface area contributed by atoms with Crippen LogP contribution in [-0.2, 0) is 0 Å². The van der Waals surface area contributed by atoms with Gasteiger partial charge in [0.15, 0.2) is 5.76 Å². The lowest BCUT2D eigenvalue weighted by molar-refractivity contribution is 0.0996. The topological polar surface area (TPSA) is 60.1 Å². The molecule has 34 heavy (non-hydrogen) atoms. The van der Waals surface area contributed by atoms with Crippen LogP contribution in [-0.4, -0.2) is 15.5 Å². The van der Waals surface area contributed by atoms with E-state index in [0.29, 0.717) is 11.7 Å². The van der Waals surface area contributed by atoms with E-state index in [0.717, 1.165) is 35.4 Å². The molecule has 1 aliphatic rings. The maximum atomic E-state index is 13.7. The van der Waals surface area contributed by atoms with Crippen molar-refractivity contribution in [3.63, 3.8) is 0 Å². The molecule has 2 heterocycles. The highest BCUT2D eigenvalue weighted by Gasteiger charge is 2.26. The summed E-state index contributed by atoms with van der Waals surface area (Å²) in [4.78, 5) is 17.4. The Morgan fingerprint density at radius 1 is 1.12 bits per heavy atom. The summed E-state index contributed by atoms with van der Waals surface area (Å²) in [7, 11) is 0. The highest BCUT2D eigenvalue weighted by Crippen LogP contribution is 2.41. The maximum absolute atomic E-state index is 13.7. The van der Waals surface area contributed by atoms with Gasteiger partial charge >= 0.3 is 0 Å². The summed E-state index contributed by atoms with van der Waals surface area (Å²) in [6.07, 6.45) is 8.02. The molecular formula is C28H28FN3O2. The number of imidazole rings is 1. The molecule has 1 fully saturated rings. The number of furan rings is 1. The molecule has 174 valence electrons. The zero-order valence-corrected chi connectivity index (χ0v) is 19.4. The monoisotopic (exact) mass is 457 g/mol. The van der Waals surface area contributed by atoms with Gasteiger partial charge in [0.05, 0.1) is 24.0 Å². The molecule has 1 aliphatic carbocycles. The van der Waals surface area contributed by atoms with E-state index >= 15 is 0 Å². The van der Waals surface area contributed by atoms with Crippen LogP contribution in [0.25, 0.3) is 22.5 Å². The first-order valence-electron chi connectivity index (χ1n) is 11.8. The Morgan fingerprint density at radius 2 is 1.88 bits per heavy atom. The van der Waals surface area contributed by atoms with E-state index in [2.05, 4.69) is 29.8 Å². The number of nitrogens with zero attached hydrogens (tertiary/aromatic N) is 2. The molecule has 0 aliphatic heterocycles. The molecule has 6 heteroatoms. The maximum Gasteiger partial charge on any atom is 0.291 e. The van der Waals surface area contributed by atoms with Crippen molar-refractivity contribution in [1.29, 1.82) is 0 Å². The third-order valence-electron chi connectivity index (χ3n) is 6.56. The van der Waals surface area contributed by atoms with Crippen molar-refractivity contribution in [3.8, 4) is 22.5 Å². The number of benzene rings is 2. The van der Waals surface area contributed by atoms with E-state index in [9.17, 15) is 9.18 Å². The molecule has 0 atom stereocenters. The van der Waals surface area contributed by atoms with Crippen molar-refractivity contribution >= 4 is 11.6 Å². The summed E-state index contributed by atoms with van der Waals surface area (Å²) in [5.74, 6) is -0.0438. The Kier molecular flexibility index (Phi) is 6.05. The van der Waals surface area contributed by atoms with Crippen LogP contribution in [0.15, 0.2) is 71.6 Å². The fraction of sp³-hybridized carbons (Fsp3) is 0.286. The molecule has 0 radical (unpaired) electrons. The van der Waals surface area contributed by atoms with Crippen LogP contribution in [0.5, 0.6) is 0 Å². The van der Waals surface area contributed by atoms with Crippen LogP contribution >= 0.6 is 0 Å². The molecule has 0 saturated heterocycles. The molecule has 2 aromatic carbocycles. The number of nitrogens with one attached hydrogen (secondary N) is 1. The van der Waals surface area contributed by atoms with Crippen LogP contribution in [0, 0.1) is 5.82 Å². The fourth-order valence-corrected chi connectivity index (χ4v) is 4.85. The first kappa shape index (κ1) is 22.1. The minimum atomic E-state index is -0.295. The number of carbonyl (C=O) groups is 1. The normalized spacial score (nSPS) is 14.1. The highest BCUT2D eigenvalue weighted by atomic mass is 19.1. The van der Waals surface area contributed by atoms with Crippen LogP contribution in [0.4, 0.5) is 10.1 Å². The third-order valence-corrected chi connectivity index (χ3v) is 6.56. The van der Waals surface area contributed by atoms with Crippen LogP contribution in [0.3, 0.4) is 0 Å². The summed E-state index contributed by atoms with van der Waals surface area (Å²) in [5, 5.41) is 2.96. The summed E-state index contributed by atoms with van der Waals surface area (Å²) < 4.78 is 21.2. The molecule has 5 nitrogen and oxygen atoms in total. The molecule has 2 aromatic heterocycles. The quantitative estimate of drug-likeness (QED) is 0.327. The van der Waals surface area contributed by atoms with Gasteiger partial charge in [-0.25, -0.2) is 9.37 Å². The van der Waals surface area contributed by atoms with E-state index < -0.39 is 0 Å². The van der Waals surface area contributed by atoms with Gasteiger partial charge < -0.3 is 14.3 Å². The van der Waals surface area contributed by atoms with Gasteiger partial charge in [0.2, 0.25) is 0 Å². The molecule has 1 N–H and O–H groups in total. The Labute approximate surface area is 198 Å². The van der Waals surface area contributed by atoms with Crippen LogP contribution < -0.4 is 5.32 Å². The average Bonchev–Trinajstić information content (AvgIpc) is 3.61. The Bertz CT molecular complexity index is 1280. The predicted molar refractivity (Wildman–Crippen MR) is 131 cm³/mol. The number of hydrogen-bond donors (Lipinski definition) is 1. The lowest BCUT2D eigenvalue weighted by Crippen LogP contribution is -2.12. The first-order valence-corrected chi connectivity index (χ1v) is 11.8.